The van der Waals surface area contributed by atoms with E-state index in [0.717, 1.165) is 26.1 Å². The Morgan fingerprint density at radius 2 is 2.00 bits per heavy atom. The molecule has 1 N–H and O–H groups in total. The van der Waals surface area contributed by atoms with E-state index in [-0.39, 0.29) is 6.10 Å². The fraction of sp³-hybridized carbons (Fsp3) is 1.00. The van der Waals surface area contributed by atoms with Crippen molar-refractivity contribution in [2.45, 2.75) is 25.9 Å². The minimum absolute atomic E-state index is 0.132. The Labute approximate surface area is 55.8 Å². The molecular formula is C7H14O2. The van der Waals surface area contributed by atoms with Crippen LogP contribution in [0, 0.1) is 5.92 Å². The lowest BCUT2D eigenvalue weighted by atomic mass is 10.0. The summed E-state index contributed by atoms with van der Waals surface area (Å²) < 4.78 is 5.18. The summed E-state index contributed by atoms with van der Waals surface area (Å²) >= 11 is 0. The summed E-state index contributed by atoms with van der Waals surface area (Å²) in [7, 11) is 0. The van der Waals surface area contributed by atoms with E-state index in [1.807, 2.05) is 0 Å². The summed E-state index contributed by atoms with van der Waals surface area (Å²) in [5, 5.41) is 9.28. The molecule has 1 saturated heterocycles. The highest BCUT2D eigenvalue weighted by Gasteiger charge is 2.16. The molecule has 1 fully saturated rings. The molecule has 54 valence electrons. The third-order valence-electron chi connectivity index (χ3n) is 1.93. The van der Waals surface area contributed by atoms with Crippen molar-refractivity contribution in [1.29, 1.82) is 0 Å². The summed E-state index contributed by atoms with van der Waals surface area (Å²) in [6.07, 6.45) is 1.68. The SMILES string of the molecule is CC1CCOCCC1O. The lowest BCUT2D eigenvalue weighted by molar-refractivity contribution is 0.102. The number of ether oxygens (including phenoxy) is 1. The van der Waals surface area contributed by atoms with Crippen molar-refractivity contribution in [1.82, 2.24) is 0 Å². The van der Waals surface area contributed by atoms with Gasteiger partial charge in [-0.3, -0.25) is 0 Å². The van der Waals surface area contributed by atoms with Crippen LogP contribution < -0.4 is 0 Å². The van der Waals surface area contributed by atoms with E-state index in [2.05, 4.69) is 6.92 Å². The molecule has 2 nitrogen and oxygen atoms in total. The molecule has 1 aliphatic rings. The Morgan fingerprint density at radius 3 is 2.78 bits per heavy atom. The Hall–Kier alpha value is -0.0800. The summed E-state index contributed by atoms with van der Waals surface area (Å²) in [5.41, 5.74) is 0. The highest BCUT2D eigenvalue weighted by Crippen LogP contribution is 2.14. The van der Waals surface area contributed by atoms with E-state index in [4.69, 9.17) is 4.74 Å². The van der Waals surface area contributed by atoms with Gasteiger partial charge < -0.3 is 9.84 Å². The van der Waals surface area contributed by atoms with Crippen molar-refractivity contribution >= 4 is 0 Å². The third kappa shape index (κ3) is 1.95. The van der Waals surface area contributed by atoms with E-state index in [9.17, 15) is 5.11 Å². The second-order valence-corrected chi connectivity index (χ2v) is 2.73. The van der Waals surface area contributed by atoms with Gasteiger partial charge in [-0.25, -0.2) is 0 Å². The van der Waals surface area contributed by atoms with Crippen LogP contribution in [0.3, 0.4) is 0 Å². The van der Waals surface area contributed by atoms with Crippen LogP contribution in [0.15, 0.2) is 0 Å². The predicted molar refractivity (Wildman–Crippen MR) is 35.2 cm³/mol. The number of hydrogen-bond acceptors (Lipinski definition) is 2. The minimum Gasteiger partial charge on any atom is -0.393 e. The molecule has 0 amide bonds. The van der Waals surface area contributed by atoms with Crippen LogP contribution >= 0.6 is 0 Å². The van der Waals surface area contributed by atoms with Crippen molar-refractivity contribution in [3.8, 4) is 0 Å². The molecule has 0 radical (unpaired) electrons. The van der Waals surface area contributed by atoms with Crippen LogP contribution in [-0.4, -0.2) is 24.4 Å². The van der Waals surface area contributed by atoms with Gasteiger partial charge in [0.2, 0.25) is 0 Å². The molecular weight excluding hydrogens is 116 g/mol. The lowest BCUT2D eigenvalue weighted by Crippen LogP contribution is -2.16. The quantitative estimate of drug-likeness (QED) is 0.525. The maximum Gasteiger partial charge on any atom is 0.0588 e. The van der Waals surface area contributed by atoms with Gasteiger partial charge in [-0.2, -0.15) is 0 Å². The molecule has 1 rings (SSSR count). The van der Waals surface area contributed by atoms with Gasteiger partial charge in [0.1, 0.15) is 0 Å². The average Bonchev–Trinajstić information content (AvgIpc) is 1.99. The zero-order chi connectivity index (χ0) is 6.69. The van der Waals surface area contributed by atoms with Gasteiger partial charge in [0.15, 0.2) is 0 Å². The van der Waals surface area contributed by atoms with Crippen molar-refractivity contribution in [3.05, 3.63) is 0 Å². The predicted octanol–water partition coefficient (Wildman–Crippen LogP) is 0.794. The first kappa shape index (κ1) is 7.03. The number of rotatable bonds is 0. The molecule has 1 heterocycles. The Morgan fingerprint density at radius 1 is 1.33 bits per heavy atom. The molecule has 9 heavy (non-hydrogen) atoms. The van der Waals surface area contributed by atoms with Crippen LogP contribution in [0.5, 0.6) is 0 Å². The van der Waals surface area contributed by atoms with E-state index < -0.39 is 0 Å². The zero-order valence-electron chi connectivity index (χ0n) is 5.84. The summed E-state index contributed by atoms with van der Waals surface area (Å²) in [6, 6.07) is 0. The maximum absolute atomic E-state index is 9.28. The zero-order valence-corrected chi connectivity index (χ0v) is 5.84. The van der Waals surface area contributed by atoms with Crippen LogP contribution in [0.1, 0.15) is 19.8 Å². The monoisotopic (exact) mass is 130 g/mol. The molecule has 0 bridgehead atoms. The number of aliphatic hydroxyl groups is 1. The summed E-state index contributed by atoms with van der Waals surface area (Å²) in [5.74, 6) is 0.424. The molecule has 0 spiro atoms. The first-order chi connectivity index (χ1) is 4.30. The van der Waals surface area contributed by atoms with Gasteiger partial charge in [0.05, 0.1) is 6.10 Å². The Balaban J connectivity index is 2.32. The fourth-order valence-corrected chi connectivity index (χ4v) is 1.05. The molecule has 0 aromatic rings. The fourth-order valence-electron chi connectivity index (χ4n) is 1.05. The average molecular weight is 130 g/mol. The maximum atomic E-state index is 9.28. The van der Waals surface area contributed by atoms with E-state index in [1.165, 1.54) is 0 Å². The standard InChI is InChI=1S/C7H14O2/c1-6-2-4-9-5-3-7(6)8/h6-8H,2-5H2,1H3. The van der Waals surface area contributed by atoms with Gasteiger partial charge in [-0.05, 0) is 18.8 Å². The van der Waals surface area contributed by atoms with Crippen LogP contribution in [-0.2, 0) is 4.74 Å². The Bertz CT molecular complexity index is 73.0. The van der Waals surface area contributed by atoms with Crippen LogP contribution in [0.25, 0.3) is 0 Å². The van der Waals surface area contributed by atoms with E-state index >= 15 is 0 Å². The molecule has 0 aromatic carbocycles. The number of hydrogen-bond donors (Lipinski definition) is 1. The van der Waals surface area contributed by atoms with Gasteiger partial charge in [-0.1, -0.05) is 6.92 Å². The first-order valence-corrected chi connectivity index (χ1v) is 3.56. The highest BCUT2D eigenvalue weighted by molar-refractivity contribution is 4.66. The van der Waals surface area contributed by atoms with Gasteiger partial charge in [0.25, 0.3) is 0 Å². The Kier molecular flexibility index (Phi) is 2.49. The van der Waals surface area contributed by atoms with Crippen molar-refractivity contribution in [2.75, 3.05) is 13.2 Å². The second kappa shape index (κ2) is 3.18. The normalized spacial score (nSPS) is 38.0. The van der Waals surface area contributed by atoms with Crippen LogP contribution in [0.2, 0.25) is 0 Å². The third-order valence-corrected chi connectivity index (χ3v) is 1.93. The summed E-state index contributed by atoms with van der Waals surface area (Å²) in [6.45, 7) is 3.61. The van der Waals surface area contributed by atoms with Gasteiger partial charge in [0, 0.05) is 13.2 Å². The topological polar surface area (TPSA) is 29.5 Å². The largest absolute Gasteiger partial charge is 0.393 e. The molecule has 0 aromatic heterocycles. The number of aliphatic hydroxyl groups excluding tert-OH is 1. The minimum atomic E-state index is -0.132. The van der Waals surface area contributed by atoms with Crippen molar-refractivity contribution < 1.29 is 9.84 Å². The molecule has 0 aliphatic carbocycles. The van der Waals surface area contributed by atoms with Crippen molar-refractivity contribution in [2.24, 2.45) is 5.92 Å². The molecule has 2 heteroatoms. The van der Waals surface area contributed by atoms with E-state index in [1.54, 1.807) is 0 Å². The lowest BCUT2D eigenvalue weighted by Gasteiger charge is -2.12. The highest BCUT2D eigenvalue weighted by atomic mass is 16.5. The molecule has 2 unspecified atom stereocenters. The van der Waals surface area contributed by atoms with Gasteiger partial charge in [-0.15, -0.1) is 0 Å². The molecule has 0 saturated carbocycles. The molecule has 1 aliphatic heterocycles. The smallest absolute Gasteiger partial charge is 0.0588 e. The van der Waals surface area contributed by atoms with E-state index in [0.29, 0.717) is 5.92 Å². The van der Waals surface area contributed by atoms with Gasteiger partial charge >= 0.3 is 0 Å². The van der Waals surface area contributed by atoms with Crippen LogP contribution in [0.4, 0.5) is 0 Å². The van der Waals surface area contributed by atoms with Crippen molar-refractivity contribution in [3.63, 3.8) is 0 Å². The second-order valence-electron chi connectivity index (χ2n) is 2.73. The molecule has 2 atom stereocenters. The first-order valence-electron chi connectivity index (χ1n) is 3.56. The summed E-state index contributed by atoms with van der Waals surface area (Å²) in [4.78, 5) is 0.